The largest absolute Gasteiger partial charge is 0.488 e. The number of ether oxygens (including phenoxy) is 2. The van der Waals surface area contributed by atoms with Crippen LogP contribution in [0.25, 0.3) is 10.8 Å². The first kappa shape index (κ1) is 20.8. The molecule has 0 spiro atoms. The quantitative estimate of drug-likeness (QED) is 0.533. The van der Waals surface area contributed by atoms with Gasteiger partial charge >= 0.3 is 0 Å². The van der Waals surface area contributed by atoms with Crippen LogP contribution in [0.5, 0.6) is 5.75 Å². The minimum Gasteiger partial charge on any atom is -0.488 e. The topological polar surface area (TPSA) is 33.7 Å². The van der Waals surface area contributed by atoms with Crippen LogP contribution in [-0.4, -0.2) is 44.3 Å². The summed E-state index contributed by atoms with van der Waals surface area (Å²) in [5, 5.41) is 5.92. The van der Waals surface area contributed by atoms with Crippen LogP contribution in [-0.2, 0) is 17.9 Å². The van der Waals surface area contributed by atoms with E-state index in [1.54, 1.807) is 12.1 Å². The summed E-state index contributed by atoms with van der Waals surface area (Å²) in [6.07, 6.45) is 1.09. The number of benzene rings is 3. The maximum Gasteiger partial charge on any atom is 0.129 e. The van der Waals surface area contributed by atoms with E-state index in [2.05, 4.69) is 28.4 Å². The predicted molar refractivity (Wildman–Crippen MR) is 118 cm³/mol. The maximum absolute atomic E-state index is 14.0. The summed E-state index contributed by atoms with van der Waals surface area (Å²) in [5.74, 6) is 0.568. The van der Waals surface area contributed by atoms with Gasteiger partial charge in [-0.2, -0.15) is 0 Å². The van der Waals surface area contributed by atoms with Gasteiger partial charge in [0.05, 0.1) is 13.2 Å². The van der Waals surface area contributed by atoms with E-state index in [1.165, 1.54) is 16.8 Å². The molecule has 30 heavy (non-hydrogen) atoms. The van der Waals surface area contributed by atoms with Gasteiger partial charge in [0, 0.05) is 30.8 Å². The van der Waals surface area contributed by atoms with Crippen molar-refractivity contribution in [1.29, 1.82) is 0 Å². The Morgan fingerprint density at radius 2 is 1.77 bits per heavy atom. The Morgan fingerprint density at radius 3 is 2.63 bits per heavy atom. The molecule has 1 N–H and O–H groups in total. The van der Waals surface area contributed by atoms with E-state index in [9.17, 15) is 4.39 Å². The Balaban J connectivity index is 1.40. The van der Waals surface area contributed by atoms with Crippen molar-refractivity contribution >= 4 is 10.8 Å². The number of hydrogen-bond donors (Lipinski definition) is 1. The van der Waals surface area contributed by atoms with Gasteiger partial charge in [-0.25, -0.2) is 4.39 Å². The van der Waals surface area contributed by atoms with Crippen molar-refractivity contribution in [3.8, 4) is 5.75 Å². The summed E-state index contributed by atoms with van der Waals surface area (Å²) in [6.45, 7) is 6.69. The molecular formula is C25H29FN2O2. The third-order valence-electron chi connectivity index (χ3n) is 5.57. The van der Waals surface area contributed by atoms with E-state index in [0.29, 0.717) is 5.56 Å². The highest BCUT2D eigenvalue weighted by Gasteiger charge is 2.12. The molecule has 5 heteroatoms. The normalized spacial score (nSPS) is 14.8. The minimum absolute atomic E-state index is 0.217. The highest BCUT2D eigenvalue weighted by Crippen LogP contribution is 2.29. The van der Waals surface area contributed by atoms with Gasteiger partial charge in [-0.1, -0.05) is 48.5 Å². The molecule has 3 aromatic rings. The zero-order chi connectivity index (χ0) is 20.6. The molecule has 1 aliphatic rings. The van der Waals surface area contributed by atoms with Crippen molar-refractivity contribution in [3.63, 3.8) is 0 Å². The summed E-state index contributed by atoms with van der Waals surface area (Å²) in [6, 6.07) is 19.1. The van der Waals surface area contributed by atoms with Gasteiger partial charge in [-0.05, 0) is 42.4 Å². The molecule has 1 aliphatic heterocycles. The van der Waals surface area contributed by atoms with Gasteiger partial charge in [0.2, 0.25) is 0 Å². The Labute approximate surface area is 177 Å². The number of rotatable bonds is 9. The first-order valence-corrected chi connectivity index (χ1v) is 10.7. The first-order chi connectivity index (χ1) is 14.8. The van der Waals surface area contributed by atoms with E-state index < -0.39 is 0 Å². The van der Waals surface area contributed by atoms with Crippen LogP contribution in [0, 0.1) is 5.82 Å². The number of halogens is 1. The molecule has 1 heterocycles. The standard InChI is InChI=1S/C25H29FN2O2/c26-24-9-4-2-7-21(24)19-30-25-11-10-20-6-1-3-8-22(20)23(25)18-27-12-5-13-28-14-16-29-17-15-28/h1-4,6-11,27H,5,12-19H2. The van der Waals surface area contributed by atoms with E-state index in [4.69, 9.17) is 9.47 Å². The molecule has 0 radical (unpaired) electrons. The molecule has 0 saturated carbocycles. The molecule has 0 unspecified atom stereocenters. The lowest BCUT2D eigenvalue weighted by atomic mass is 10.0. The van der Waals surface area contributed by atoms with Crippen LogP contribution in [0.1, 0.15) is 17.5 Å². The Kier molecular flexibility index (Phi) is 7.29. The van der Waals surface area contributed by atoms with Crippen molar-refractivity contribution in [2.75, 3.05) is 39.4 Å². The molecule has 0 atom stereocenters. The van der Waals surface area contributed by atoms with Crippen LogP contribution in [0.4, 0.5) is 4.39 Å². The molecule has 4 nitrogen and oxygen atoms in total. The number of hydrogen-bond acceptors (Lipinski definition) is 4. The number of morpholine rings is 1. The summed E-state index contributed by atoms with van der Waals surface area (Å²) in [4.78, 5) is 2.45. The molecule has 0 aliphatic carbocycles. The summed E-state index contributed by atoms with van der Waals surface area (Å²) in [5.41, 5.74) is 1.69. The van der Waals surface area contributed by atoms with E-state index in [-0.39, 0.29) is 12.4 Å². The molecule has 158 valence electrons. The summed E-state index contributed by atoms with van der Waals surface area (Å²) >= 11 is 0. The van der Waals surface area contributed by atoms with Crippen LogP contribution < -0.4 is 10.1 Å². The van der Waals surface area contributed by atoms with Crippen LogP contribution in [0.2, 0.25) is 0 Å². The molecular weight excluding hydrogens is 379 g/mol. The number of nitrogens with one attached hydrogen (secondary N) is 1. The zero-order valence-corrected chi connectivity index (χ0v) is 17.3. The highest BCUT2D eigenvalue weighted by molar-refractivity contribution is 5.87. The lowest BCUT2D eigenvalue weighted by Crippen LogP contribution is -2.37. The number of nitrogens with zero attached hydrogens (tertiary/aromatic N) is 1. The average Bonchev–Trinajstić information content (AvgIpc) is 2.79. The summed E-state index contributed by atoms with van der Waals surface area (Å²) < 4.78 is 25.5. The SMILES string of the molecule is Fc1ccccc1COc1ccc2ccccc2c1CNCCCN1CCOCC1. The molecule has 4 rings (SSSR count). The lowest BCUT2D eigenvalue weighted by Gasteiger charge is -2.26. The smallest absolute Gasteiger partial charge is 0.129 e. The third-order valence-corrected chi connectivity index (χ3v) is 5.57. The van der Waals surface area contributed by atoms with Gasteiger partial charge < -0.3 is 14.8 Å². The predicted octanol–water partition coefficient (Wildman–Crippen LogP) is 4.37. The van der Waals surface area contributed by atoms with E-state index >= 15 is 0 Å². The molecule has 1 saturated heterocycles. The fraction of sp³-hybridized carbons (Fsp3) is 0.360. The Hall–Kier alpha value is -2.47. The van der Waals surface area contributed by atoms with E-state index in [0.717, 1.165) is 63.7 Å². The van der Waals surface area contributed by atoms with Gasteiger partial charge in [-0.3, -0.25) is 4.90 Å². The second kappa shape index (κ2) is 10.5. The zero-order valence-electron chi connectivity index (χ0n) is 17.3. The summed E-state index contributed by atoms with van der Waals surface area (Å²) in [7, 11) is 0. The van der Waals surface area contributed by atoms with Crippen molar-refractivity contribution in [3.05, 3.63) is 77.6 Å². The molecule has 3 aromatic carbocycles. The van der Waals surface area contributed by atoms with E-state index in [1.807, 2.05) is 24.3 Å². The molecule has 0 bridgehead atoms. The van der Waals surface area contributed by atoms with Crippen molar-refractivity contribution < 1.29 is 13.9 Å². The monoisotopic (exact) mass is 408 g/mol. The van der Waals surface area contributed by atoms with Crippen LogP contribution in [0.15, 0.2) is 60.7 Å². The molecule has 0 aromatic heterocycles. The van der Waals surface area contributed by atoms with Gasteiger partial charge in [0.25, 0.3) is 0 Å². The first-order valence-electron chi connectivity index (χ1n) is 10.7. The van der Waals surface area contributed by atoms with Crippen LogP contribution in [0.3, 0.4) is 0 Å². The van der Waals surface area contributed by atoms with Crippen molar-refractivity contribution in [1.82, 2.24) is 10.2 Å². The van der Waals surface area contributed by atoms with Gasteiger partial charge in [0.15, 0.2) is 0 Å². The fourth-order valence-electron chi connectivity index (χ4n) is 3.87. The maximum atomic E-state index is 14.0. The van der Waals surface area contributed by atoms with Crippen molar-refractivity contribution in [2.45, 2.75) is 19.6 Å². The molecule has 1 fully saturated rings. The lowest BCUT2D eigenvalue weighted by molar-refractivity contribution is 0.0374. The second-order valence-corrected chi connectivity index (χ2v) is 7.63. The van der Waals surface area contributed by atoms with Crippen LogP contribution >= 0.6 is 0 Å². The number of fused-ring (bicyclic) bond motifs is 1. The molecule has 0 amide bonds. The van der Waals surface area contributed by atoms with Crippen molar-refractivity contribution in [2.24, 2.45) is 0 Å². The Morgan fingerprint density at radius 1 is 0.967 bits per heavy atom. The minimum atomic E-state index is -0.235. The third kappa shape index (κ3) is 5.36. The van der Waals surface area contributed by atoms with Gasteiger partial charge in [-0.15, -0.1) is 0 Å². The average molecular weight is 409 g/mol. The second-order valence-electron chi connectivity index (χ2n) is 7.63. The fourth-order valence-corrected chi connectivity index (χ4v) is 3.87. The highest BCUT2D eigenvalue weighted by atomic mass is 19.1. The Bertz CT molecular complexity index is 957. The van der Waals surface area contributed by atoms with Gasteiger partial charge in [0.1, 0.15) is 18.2 Å².